The van der Waals surface area contributed by atoms with Crippen molar-refractivity contribution >= 4 is 11.6 Å². The highest BCUT2D eigenvalue weighted by Gasteiger charge is 2.11. The molecule has 2 nitrogen and oxygen atoms in total. The van der Waals surface area contributed by atoms with Gasteiger partial charge in [-0.1, -0.05) is 92.7 Å². The number of hydrogen-bond acceptors (Lipinski definition) is 2. The molecular weight excluding hydrogens is 344 g/mol. The van der Waals surface area contributed by atoms with Gasteiger partial charge in [-0.3, -0.25) is 9.59 Å². The van der Waals surface area contributed by atoms with E-state index in [1.165, 1.54) is 11.1 Å². The van der Waals surface area contributed by atoms with E-state index < -0.39 is 0 Å². The highest BCUT2D eigenvalue weighted by atomic mass is 16.1. The van der Waals surface area contributed by atoms with Gasteiger partial charge in [-0.2, -0.15) is 0 Å². The number of aryl methyl sites for hydroxylation is 1. The van der Waals surface area contributed by atoms with Crippen molar-refractivity contribution in [3.05, 3.63) is 107 Å². The Balaban J connectivity index is 1.63. The number of benzene rings is 3. The first-order valence-electron chi connectivity index (χ1n) is 9.90. The van der Waals surface area contributed by atoms with Crippen LogP contribution in [0, 0.1) is 0 Å². The van der Waals surface area contributed by atoms with Crippen molar-refractivity contribution in [2.45, 2.75) is 39.0 Å². The van der Waals surface area contributed by atoms with Gasteiger partial charge in [-0.15, -0.1) is 0 Å². The van der Waals surface area contributed by atoms with Gasteiger partial charge in [0.05, 0.1) is 0 Å². The largest absolute Gasteiger partial charge is 0.294 e. The van der Waals surface area contributed by atoms with Crippen LogP contribution in [-0.2, 0) is 6.42 Å². The lowest BCUT2D eigenvalue weighted by molar-refractivity contribution is 0.0980. The molecule has 1 atom stereocenters. The van der Waals surface area contributed by atoms with E-state index >= 15 is 0 Å². The van der Waals surface area contributed by atoms with Crippen LogP contribution in [0.1, 0.15) is 70.0 Å². The van der Waals surface area contributed by atoms with Crippen molar-refractivity contribution in [3.63, 3.8) is 0 Å². The Morgan fingerprint density at radius 2 is 1.43 bits per heavy atom. The fourth-order valence-corrected chi connectivity index (χ4v) is 3.26. The van der Waals surface area contributed by atoms with Crippen LogP contribution >= 0.6 is 0 Å². The zero-order chi connectivity index (χ0) is 19.9. The summed E-state index contributed by atoms with van der Waals surface area (Å²) in [7, 11) is 0. The van der Waals surface area contributed by atoms with Gasteiger partial charge in [0.1, 0.15) is 0 Å². The van der Waals surface area contributed by atoms with Crippen molar-refractivity contribution < 1.29 is 9.59 Å². The van der Waals surface area contributed by atoms with Crippen molar-refractivity contribution in [1.82, 2.24) is 0 Å². The zero-order valence-corrected chi connectivity index (χ0v) is 16.5. The van der Waals surface area contributed by atoms with Crippen molar-refractivity contribution in [3.8, 4) is 0 Å². The molecule has 2 heteroatoms. The topological polar surface area (TPSA) is 34.1 Å². The van der Waals surface area contributed by atoms with Crippen LogP contribution in [0.2, 0.25) is 0 Å². The number of rotatable bonds is 8. The minimum Gasteiger partial charge on any atom is -0.294 e. The maximum Gasteiger partial charge on any atom is 0.193 e. The normalized spacial score (nSPS) is 11.8. The highest BCUT2D eigenvalue weighted by Crippen LogP contribution is 2.20. The van der Waals surface area contributed by atoms with E-state index in [1.54, 1.807) is 36.4 Å². The smallest absolute Gasteiger partial charge is 0.193 e. The molecule has 1 unspecified atom stereocenters. The Bertz CT molecular complexity index is 940. The molecule has 0 aliphatic rings. The summed E-state index contributed by atoms with van der Waals surface area (Å²) in [5, 5.41) is 0. The number of carbonyl (C=O) groups is 2. The lowest BCUT2D eigenvalue weighted by Gasteiger charge is -2.10. The van der Waals surface area contributed by atoms with E-state index in [0.717, 1.165) is 12.8 Å². The van der Waals surface area contributed by atoms with Gasteiger partial charge in [0.15, 0.2) is 11.6 Å². The average molecular weight is 370 g/mol. The summed E-state index contributed by atoms with van der Waals surface area (Å²) in [5.41, 5.74) is 4.44. The first-order valence-corrected chi connectivity index (χ1v) is 9.90. The average Bonchev–Trinajstić information content (AvgIpc) is 2.77. The van der Waals surface area contributed by atoms with Gasteiger partial charge in [-0.05, 0) is 29.9 Å². The fraction of sp³-hybridized carbons (Fsp3) is 0.231. The molecule has 0 N–H and O–H groups in total. The summed E-state index contributed by atoms with van der Waals surface area (Å²) in [5.74, 6) is 0.611. The van der Waals surface area contributed by atoms with Crippen LogP contribution in [0.25, 0.3) is 0 Å². The summed E-state index contributed by atoms with van der Waals surface area (Å²) in [4.78, 5) is 25.0. The molecule has 28 heavy (non-hydrogen) atoms. The van der Waals surface area contributed by atoms with Gasteiger partial charge < -0.3 is 0 Å². The maximum absolute atomic E-state index is 12.6. The minimum absolute atomic E-state index is 0.0264. The molecule has 142 valence electrons. The predicted octanol–water partition coefficient (Wildman–Crippen LogP) is 6.25. The van der Waals surface area contributed by atoms with Crippen molar-refractivity contribution in [2.24, 2.45) is 0 Å². The Labute approximate surface area is 167 Å². The molecule has 3 rings (SSSR count). The summed E-state index contributed by atoms with van der Waals surface area (Å²) < 4.78 is 0. The molecule has 0 radical (unpaired) electrons. The lowest BCUT2D eigenvalue weighted by Crippen LogP contribution is -2.04. The predicted molar refractivity (Wildman–Crippen MR) is 114 cm³/mol. The molecule has 0 aliphatic carbocycles. The molecule has 0 amide bonds. The fourth-order valence-electron chi connectivity index (χ4n) is 3.26. The summed E-state index contributed by atoms with van der Waals surface area (Å²) in [6, 6.07) is 24.7. The molecule has 0 spiro atoms. The van der Waals surface area contributed by atoms with Crippen LogP contribution in [0.4, 0.5) is 0 Å². The zero-order valence-electron chi connectivity index (χ0n) is 16.5. The molecule has 3 aromatic rings. The minimum atomic E-state index is -0.0264. The molecule has 0 aromatic heterocycles. The molecule has 3 aromatic carbocycles. The number of Topliss-reactive ketones (excluding diaryl/α,β-unsaturated/α-hetero) is 1. The quantitative estimate of drug-likeness (QED) is 0.439. The molecule has 0 bridgehead atoms. The molecule has 0 heterocycles. The molecular formula is C26H26O2. The van der Waals surface area contributed by atoms with E-state index in [9.17, 15) is 9.59 Å². The van der Waals surface area contributed by atoms with Gasteiger partial charge in [0, 0.05) is 23.1 Å². The number of carbonyl (C=O) groups excluding carboxylic acids is 2. The van der Waals surface area contributed by atoms with Gasteiger partial charge in [0.25, 0.3) is 0 Å². The number of hydrogen-bond donors (Lipinski definition) is 0. The van der Waals surface area contributed by atoms with E-state index in [1.807, 2.05) is 18.2 Å². The standard InChI is InChI=1S/C26H26O2/c1-3-19(2)24-11-7-8-20(18-24)12-17-25(27)21-13-15-23(16-14-21)26(28)22-9-5-4-6-10-22/h4-11,13-16,18-19H,3,12,17H2,1-2H3. The van der Waals surface area contributed by atoms with Crippen LogP contribution in [0.15, 0.2) is 78.9 Å². The van der Waals surface area contributed by atoms with Crippen molar-refractivity contribution in [1.29, 1.82) is 0 Å². The van der Waals surface area contributed by atoms with E-state index in [-0.39, 0.29) is 11.6 Å². The molecule has 0 aliphatic heterocycles. The van der Waals surface area contributed by atoms with E-state index in [4.69, 9.17) is 0 Å². The first kappa shape index (κ1) is 19.8. The third-order valence-electron chi connectivity index (χ3n) is 5.28. The van der Waals surface area contributed by atoms with Gasteiger partial charge in [-0.25, -0.2) is 0 Å². The van der Waals surface area contributed by atoms with E-state index in [0.29, 0.717) is 29.0 Å². The van der Waals surface area contributed by atoms with Crippen LogP contribution in [-0.4, -0.2) is 11.6 Å². The Hall–Kier alpha value is -3.00. The van der Waals surface area contributed by atoms with Crippen LogP contribution in [0.3, 0.4) is 0 Å². The lowest BCUT2D eigenvalue weighted by atomic mass is 9.94. The van der Waals surface area contributed by atoms with Crippen LogP contribution in [0.5, 0.6) is 0 Å². The second kappa shape index (κ2) is 9.27. The number of ketones is 2. The third kappa shape index (κ3) is 4.83. The van der Waals surface area contributed by atoms with Crippen LogP contribution < -0.4 is 0 Å². The van der Waals surface area contributed by atoms with E-state index in [2.05, 4.69) is 38.1 Å². The van der Waals surface area contributed by atoms with Crippen molar-refractivity contribution in [2.75, 3.05) is 0 Å². The summed E-state index contributed by atoms with van der Waals surface area (Å²) >= 11 is 0. The first-order chi connectivity index (χ1) is 13.6. The molecule has 0 saturated carbocycles. The maximum atomic E-state index is 12.6. The van der Waals surface area contributed by atoms with Gasteiger partial charge >= 0.3 is 0 Å². The Morgan fingerprint density at radius 1 is 0.786 bits per heavy atom. The highest BCUT2D eigenvalue weighted by molar-refractivity contribution is 6.09. The second-order valence-electron chi connectivity index (χ2n) is 7.25. The monoisotopic (exact) mass is 370 g/mol. The summed E-state index contributed by atoms with van der Waals surface area (Å²) in [6.07, 6.45) is 2.31. The van der Waals surface area contributed by atoms with Gasteiger partial charge in [0.2, 0.25) is 0 Å². The SMILES string of the molecule is CCC(C)c1cccc(CCC(=O)c2ccc(C(=O)c3ccccc3)cc2)c1. The Morgan fingerprint density at radius 3 is 2.11 bits per heavy atom. The molecule has 0 fully saturated rings. The second-order valence-corrected chi connectivity index (χ2v) is 7.25. The molecule has 0 saturated heterocycles. The third-order valence-corrected chi connectivity index (χ3v) is 5.28. The summed E-state index contributed by atoms with van der Waals surface area (Å²) in [6.45, 7) is 4.41. The Kier molecular flexibility index (Phi) is 6.54.